The van der Waals surface area contributed by atoms with Crippen molar-refractivity contribution in [3.8, 4) is 5.75 Å². The van der Waals surface area contributed by atoms with Gasteiger partial charge in [0.25, 0.3) is 5.91 Å². The molecule has 0 radical (unpaired) electrons. The summed E-state index contributed by atoms with van der Waals surface area (Å²) in [7, 11) is 0. The van der Waals surface area contributed by atoms with Crippen molar-refractivity contribution in [3.05, 3.63) is 29.8 Å². The minimum absolute atomic E-state index is 0.0484. The Morgan fingerprint density at radius 1 is 1.50 bits per heavy atom. The zero-order valence-electron chi connectivity index (χ0n) is 10.7. The molecule has 1 saturated carbocycles. The van der Waals surface area contributed by atoms with Gasteiger partial charge in [0.15, 0.2) is 6.61 Å². The maximum atomic E-state index is 11.6. The molecule has 1 amide bonds. The highest BCUT2D eigenvalue weighted by molar-refractivity contribution is 5.78. The van der Waals surface area contributed by atoms with Crippen LogP contribution in [0.2, 0.25) is 0 Å². The van der Waals surface area contributed by atoms with Crippen LogP contribution < -0.4 is 15.8 Å². The molecule has 1 aliphatic carbocycles. The molecule has 1 aromatic rings. The average molecular weight is 248 g/mol. The Balaban J connectivity index is 1.93. The minimum Gasteiger partial charge on any atom is -0.483 e. The first-order chi connectivity index (χ1) is 8.70. The Bertz CT molecular complexity index is 416. The third-order valence-corrected chi connectivity index (χ3v) is 3.06. The molecule has 0 unspecified atom stereocenters. The highest BCUT2D eigenvalue weighted by atomic mass is 16.5. The van der Waals surface area contributed by atoms with Crippen LogP contribution >= 0.6 is 0 Å². The fourth-order valence-electron chi connectivity index (χ4n) is 1.78. The fraction of sp³-hybridized carbons (Fsp3) is 0.500. The van der Waals surface area contributed by atoms with Gasteiger partial charge in [-0.3, -0.25) is 4.79 Å². The minimum atomic E-state index is -0.0580. The average Bonchev–Trinajstić information content (AvgIpc) is 3.19. The number of nitrogens with one attached hydrogen (secondary N) is 1. The molecule has 3 N–H and O–H groups in total. The van der Waals surface area contributed by atoms with E-state index in [1.807, 2.05) is 31.2 Å². The topological polar surface area (TPSA) is 64.3 Å². The van der Waals surface area contributed by atoms with E-state index in [2.05, 4.69) is 5.32 Å². The van der Waals surface area contributed by atoms with Gasteiger partial charge in [-0.2, -0.15) is 0 Å². The first-order valence-corrected chi connectivity index (χ1v) is 6.47. The third kappa shape index (κ3) is 3.47. The van der Waals surface area contributed by atoms with E-state index < -0.39 is 0 Å². The molecular formula is C14H20N2O2. The van der Waals surface area contributed by atoms with Gasteiger partial charge in [-0.05, 0) is 25.3 Å². The quantitative estimate of drug-likeness (QED) is 0.806. The van der Waals surface area contributed by atoms with E-state index in [0.717, 1.165) is 24.8 Å². The molecule has 1 fully saturated rings. The summed E-state index contributed by atoms with van der Waals surface area (Å²) in [5.74, 6) is 0.648. The summed E-state index contributed by atoms with van der Waals surface area (Å²) < 4.78 is 5.56. The number of ether oxygens (including phenoxy) is 1. The molecule has 98 valence electrons. The molecule has 1 aromatic carbocycles. The van der Waals surface area contributed by atoms with Crippen molar-refractivity contribution in [1.82, 2.24) is 5.32 Å². The summed E-state index contributed by atoms with van der Waals surface area (Å²) in [5, 5.41) is 2.89. The van der Waals surface area contributed by atoms with Gasteiger partial charge in [-0.25, -0.2) is 0 Å². The normalized spacial score (nSPS) is 16.1. The van der Waals surface area contributed by atoms with Crippen molar-refractivity contribution in [2.24, 2.45) is 5.73 Å². The summed E-state index contributed by atoms with van der Waals surface area (Å²) in [4.78, 5) is 11.6. The van der Waals surface area contributed by atoms with Crippen molar-refractivity contribution in [2.45, 2.75) is 38.3 Å². The van der Waals surface area contributed by atoms with E-state index in [1.54, 1.807) is 0 Å². The predicted octanol–water partition coefficient (Wildman–Crippen LogP) is 1.75. The summed E-state index contributed by atoms with van der Waals surface area (Å²) in [6.45, 7) is 2.09. The molecule has 0 aromatic heterocycles. The lowest BCUT2D eigenvalue weighted by Crippen LogP contribution is -2.30. The van der Waals surface area contributed by atoms with Gasteiger partial charge >= 0.3 is 0 Å². The van der Waals surface area contributed by atoms with Crippen molar-refractivity contribution >= 4 is 5.91 Å². The lowest BCUT2D eigenvalue weighted by Gasteiger charge is -2.15. The molecule has 1 atom stereocenters. The molecular weight excluding hydrogens is 228 g/mol. The molecule has 18 heavy (non-hydrogen) atoms. The van der Waals surface area contributed by atoms with E-state index in [-0.39, 0.29) is 18.6 Å². The third-order valence-electron chi connectivity index (χ3n) is 3.06. The number of carbonyl (C=O) groups excluding carboxylic acids is 1. The smallest absolute Gasteiger partial charge is 0.258 e. The van der Waals surface area contributed by atoms with Gasteiger partial charge in [0.2, 0.25) is 0 Å². The van der Waals surface area contributed by atoms with Gasteiger partial charge in [-0.15, -0.1) is 0 Å². The van der Waals surface area contributed by atoms with Crippen LogP contribution in [0.1, 0.15) is 37.8 Å². The van der Waals surface area contributed by atoms with Crippen LogP contribution in [-0.4, -0.2) is 18.6 Å². The number of para-hydroxylation sites is 1. The van der Waals surface area contributed by atoms with Gasteiger partial charge < -0.3 is 15.8 Å². The van der Waals surface area contributed by atoms with Crippen molar-refractivity contribution in [2.75, 3.05) is 6.61 Å². The van der Waals surface area contributed by atoms with Crippen molar-refractivity contribution in [1.29, 1.82) is 0 Å². The van der Waals surface area contributed by atoms with E-state index in [0.29, 0.717) is 11.8 Å². The molecule has 1 aliphatic rings. The zero-order chi connectivity index (χ0) is 13.0. The lowest BCUT2D eigenvalue weighted by atomic mass is 10.0. The van der Waals surface area contributed by atoms with Crippen molar-refractivity contribution < 1.29 is 9.53 Å². The molecule has 0 spiro atoms. The molecule has 0 bridgehead atoms. The molecule has 4 heteroatoms. The monoisotopic (exact) mass is 248 g/mol. The van der Waals surface area contributed by atoms with E-state index in [4.69, 9.17) is 10.5 Å². The predicted molar refractivity (Wildman–Crippen MR) is 70.3 cm³/mol. The molecule has 2 rings (SSSR count). The van der Waals surface area contributed by atoms with Gasteiger partial charge in [0.1, 0.15) is 5.75 Å². The maximum absolute atomic E-state index is 11.6. The van der Waals surface area contributed by atoms with E-state index in [1.165, 1.54) is 0 Å². The van der Waals surface area contributed by atoms with Crippen LogP contribution in [0, 0.1) is 0 Å². The SMILES string of the molecule is CC[C@@H](N)c1ccccc1OCC(=O)NC1CC1. The van der Waals surface area contributed by atoms with Crippen LogP contribution in [0.4, 0.5) is 0 Å². The van der Waals surface area contributed by atoms with Crippen LogP contribution in [0.3, 0.4) is 0 Å². The standard InChI is InChI=1S/C14H20N2O2/c1-2-12(15)11-5-3-4-6-13(11)18-9-14(17)16-10-7-8-10/h3-6,10,12H,2,7-9,15H2,1H3,(H,16,17)/t12-/m1/s1. The van der Waals surface area contributed by atoms with Crippen LogP contribution in [0.5, 0.6) is 5.75 Å². The highest BCUT2D eigenvalue weighted by Crippen LogP contribution is 2.25. The number of rotatable bonds is 6. The van der Waals surface area contributed by atoms with Crippen LogP contribution in [0.15, 0.2) is 24.3 Å². The Hall–Kier alpha value is -1.55. The van der Waals surface area contributed by atoms with Gasteiger partial charge in [0.05, 0.1) is 0 Å². The molecule has 0 heterocycles. The number of hydrogen-bond donors (Lipinski definition) is 2. The first-order valence-electron chi connectivity index (χ1n) is 6.47. The molecule has 0 aliphatic heterocycles. The summed E-state index contributed by atoms with van der Waals surface area (Å²) >= 11 is 0. The van der Waals surface area contributed by atoms with Crippen LogP contribution in [0.25, 0.3) is 0 Å². The second-order valence-electron chi connectivity index (χ2n) is 4.68. The largest absolute Gasteiger partial charge is 0.483 e. The summed E-state index contributed by atoms with van der Waals surface area (Å²) in [5.41, 5.74) is 6.97. The van der Waals surface area contributed by atoms with Crippen LogP contribution in [-0.2, 0) is 4.79 Å². The highest BCUT2D eigenvalue weighted by Gasteiger charge is 2.23. The van der Waals surface area contributed by atoms with E-state index >= 15 is 0 Å². The second-order valence-corrected chi connectivity index (χ2v) is 4.68. The number of benzene rings is 1. The number of hydrogen-bond acceptors (Lipinski definition) is 3. The maximum Gasteiger partial charge on any atom is 0.258 e. The Morgan fingerprint density at radius 3 is 2.89 bits per heavy atom. The van der Waals surface area contributed by atoms with Crippen molar-refractivity contribution in [3.63, 3.8) is 0 Å². The number of carbonyl (C=O) groups is 1. The Kier molecular flexibility index (Phi) is 4.20. The molecule has 4 nitrogen and oxygen atoms in total. The summed E-state index contributed by atoms with van der Waals surface area (Å²) in [6.07, 6.45) is 3.01. The van der Waals surface area contributed by atoms with Gasteiger partial charge in [0, 0.05) is 17.6 Å². The van der Waals surface area contributed by atoms with Gasteiger partial charge in [-0.1, -0.05) is 25.1 Å². The zero-order valence-corrected chi connectivity index (χ0v) is 10.7. The Labute approximate surface area is 108 Å². The molecule has 0 saturated heterocycles. The fourth-order valence-corrected chi connectivity index (χ4v) is 1.78. The lowest BCUT2D eigenvalue weighted by molar-refractivity contribution is -0.123. The van der Waals surface area contributed by atoms with E-state index in [9.17, 15) is 4.79 Å². The summed E-state index contributed by atoms with van der Waals surface area (Å²) in [6, 6.07) is 7.95. The number of nitrogens with two attached hydrogens (primary N) is 1. The second kappa shape index (κ2) is 5.87. The number of amides is 1. The Morgan fingerprint density at radius 2 is 2.22 bits per heavy atom. The first kappa shape index (κ1) is 12.9.